The van der Waals surface area contributed by atoms with Gasteiger partial charge >= 0.3 is 6.18 Å². The zero-order valence-corrected chi connectivity index (χ0v) is 19.3. The lowest BCUT2D eigenvalue weighted by atomic mass is 9.95. The number of sulfonamides is 1. The van der Waals surface area contributed by atoms with Crippen molar-refractivity contribution in [1.82, 2.24) is 24.5 Å². The molecule has 0 aliphatic carbocycles. The van der Waals surface area contributed by atoms with Crippen LogP contribution in [0, 0.1) is 5.92 Å². The van der Waals surface area contributed by atoms with Crippen LogP contribution in [0.1, 0.15) is 29.3 Å². The number of nitrogens with zero attached hydrogens (tertiary/aromatic N) is 4. The summed E-state index contributed by atoms with van der Waals surface area (Å²) in [6.07, 6.45) is -1.09. The Bertz CT molecular complexity index is 1290. The molecule has 3 aromatic heterocycles. The van der Waals surface area contributed by atoms with Gasteiger partial charge in [0.25, 0.3) is 0 Å². The molecule has 182 valence electrons. The normalized spacial score (nSPS) is 19.8. The highest BCUT2D eigenvalue weighted by Crippen LogP contribution is 2.38. The number of piperidine rings is 1. The number of nitrogens with one attached hydrogen (secondary N) is 2. The molecule has 1 saturated heterocycles. The van der Waals surface area contributed by atoms with Crippen LogP contribution in [0.25, 0.3) is 10.6 Å². The van der Waals surface area contributed by atoms with Crippen molar-refractivity contribution in [3.63, 3.8) is 0 Å². The van der Waals surface area contributed by atoms with E-state index in [0.29, 0.717) is 12.6 Å². The Hall–Kier alpha value is -3.04. The molecule has 0 aromatic carbocycles. The third kappa shape index (κ3) is 4.76. The van der Waals surface area contributed by atoms with Crippen LogP contribution in [-0.2, 0) is 16.2 Å². The standard InChI is InChI=1S/C19H20F3N7O3S2/c1-10-8-29(34(31,32)12-5-25-26-6-12)3-2-14(10)27-18-24-7-13(19(20,21)22)16(28-18)15-4-11(9-33-15)17(23)30/h4-7,9-10,14H,2-3,8H2,1H3,(H2,23,30)(H,25,26)(H,24,27,28)/t10-,14+/m1/s1. The number of thiophene rings is 1. The summed E-state index contributed by atoms with van der Waals surface area (Å²) in [6, 6.07) is 0.987. The Kier molecular flexibility index (Phi) is 6.35. The van der Waals surface area contributed by atoms with Crippen molar-refractivity contribution >= 4 is 33.2 Å². The van der Waals surface area contributed by atoms with Crippen LogP contribution in [0.2, 0.25) is 0 Å². The monoisotopic (exact) mass is 515 g/mol. The maximum Gasteiger partial charge on any atom is 0.420 e. The van der Waals surface area contributed by atoms with E-state index in [-0.39, 0.29) is 52.0 Å². The summed E-state index contributed by atoms with van der Waals surface area (Å²) in [5, 5.41) is 10.6. The van der Waals surface area contributed by atoms with Crippen molar-refractivity contribution < 1.29 is 26.4 Å². The Morgan fingerprint density at radius 3 is 2.71 bits per heavy atom. The lowest BCUT2D eigenvalue weighted by molar-refractivity contribution is -0.137. The van der Waals surface area contributed by atoms with Gasteiger partial charge in [-0.15, -0.1) is 11.3 Å². The van der Waals surface area contributed by atoms with Crippen LogP contribution in [0.4, 0.5) is 19.1 Å². The fourth-order valence-electron chi connectivity index (χ4n) is 3.67. The third-order valence-electron chi connectivity index (χ3n) is 5.50. The van der Waals surface area contributed by atoms with E-state index in [2.05, 4.69) is 25.5 Å². The second-order valence-corrected chi connectivity index (χ2v) is 10.7. The number of carbonyl (C=O) groups excluding carboxylic acids is 1. The third-order valence-corrected chi connectivity index (χ3v) is 8.27. The summed E-state index contributed by atoms with van der Waals surface area (Å²) < 4.78 is 67.5. The van der Waals surface area contributed by atoms with Crippen molar-refractivity contribution in [2.24, 2.45) is 11.7 Å². The quantitative estimate of drug-likeness (QED) is 0.457. The number of amides is 1. The zero-order valence-electron chi connectivity index (χ0n) is 17.7. The van der Waals surface area contributed by atoms with Gasteiger partial charge in [0.1, 0.15) is 10.5 Å². The van der Waals surface area contributed by atoms with Crippen molar-refractivity contribution in [1.29, 1.82) is 0 Å². The van der Waals surface area contributed by atoms with Crippen LogP contribution >= 0.6 is 11.3 Å². The molecule has 0 radical (unpaired) electrons. The summed E-state index contributed by atoms with van der Waals surface area (Å²) in [4.78, 5) is 19.5. The minimum absolute atomic E-state index is 0.0278. The summed E-state index contributed by atoms with van der Waals surface area (Å²) in [6.45, 7) is 2.24. The zero-order chi connectivity index (χ0) is 24.7. The van der Waals surface area contributed by atoms with Gasteiger partial charge in [-0.05, 0) is 18.4 Å². The lowest BCUT2D eigenvalue weighted by Gasteiger charge is -2.36. The number of nitrogens with two attached hydrogens (primary N) is 1. The number of alkyl halides is 3. The van der Waals surface area contributed by atoms with Crippen molar-refractivity contribution in [2.75, 3.05) is 18.4 Å². The molecule has 1 aliphatic heterocycles. The van der Waals surface area contributed by atoms with Crippen LogP contribution in [0.3, 0.4) is 0 Å². The maximum absolute atomic E-state index is 13.6. The van der Waals surface area contributed by atoms with Crippen molar-refractivity contribution in [2.45, 2.75) is 30.5 Å². The van der Waals surface area contributed by atoms with E-state index in [0.717, 1.165) is 11.3 Å². The van der Waals surface area contributed by atoms with E-state index in [1.165, 1.54) is 28.1 Å². The number of carbonyl (C=O) groups is 1. The Labute approximate surface area is 196 Å². The number of H-pyrrole nitrogens is 1. The molecule has 15 heteroatoms. The SMILES string of the molecule is C[C@@H]1CN(S(=O)(=O)c2cn[nH]c2)CC[C@@H]1Nc1ncc(C(F)(F)F)c(-c2cc(C(N)=O)cs2)n1. The van der Waals surface area contributed by atoms with Gasteiger partial charge in [-0.1, -0.05) is 6.92 Å². The second-order valence-electron chi connectivity index (χ2n) is 7.83. The van der Waals surface area contributed by atoms with Crippen LogP contribution < -0.4 is 11.1 Å². The van der Waals surface area contributed by atoms with E-state index >= 15 is 0 Å². The highest BCUT2D eigenvalue weighted by atomic mass is 32.2. The number of halogens is 3. The predicted octanol–water partition coefficient (Wildman–Crippen LogP) is 2.56. The van der Waals surface area contributed by atoms with Crippen molar-refractivity contribution in [3.05, 3.63) is 41.2 Å². The first-order chi connectivity index (χ1) is 16.0. The molecule has 34 heavy (non-hydrogen) atoms. The molecule has 4 heterocycles. The minimum atomic E-state index is -4.70. The number of aromatic amines is 1. The van der Waals surface area contributed by atoms with Gasteiger partial charge in [0.15, 0.2) is 0 Å². The summed E-state index contributed by atoms with van der Waals surface area (Å²) >= 11 is 0.918. The van der Waals surface area contributed by atoms with E-state index in [1.807, 2.05) is 6.92 Å². The smallest absolute Gasteiger partial charge is 0.366 e. The summed E-state index contributed by atoms with van der Waals surface area (Å²) in [7, 11) is -3.70. The summed E-state index contributed by atoms with van der Waals surface area (Å²) in [5.74, 6) is -0.970. The fourth-order valence-corrected chi connectivity index (χ4v) is 6.03. The van der Waals surface area contributed by atoms with Gasteiger partial charge in [-0.2, -0.15) is 22.6 Å². The first-order valence-electron chi connectivity index (χ1n) is 10.0. The van der Waals surface area contributed by atoms with Gasteiger partial charge in [-0.25, -0.2) is 18.4 Å². The number of anilines is 1. The molecule has 4 rings (SSSR count). The highest BCUT2D eigenvalue weighted by Gasteiger charge is 2.37. The Morgan fingerprint density at radius 2 is 2.12 bits per heavy atom. The molecule has 0 spiro atoms. The van der Waals surface area contributed by atoms with Gasteiger partial charge < -0.3 is 11.1 Å². The Morgan fingerprint density at radius 1 is 1.35 bits per heavy atom. The van der Waals surface area contributed by atoms with Crippen molar-refractivity contribution in [3.8, 4) is 10.6 Å². The number of hydrogen-bond donors (Lipinski definition) is 3. The average molecular weight is 516 g/mol. The molecule has 1 amide bonds. The molecule has 1 fully saturated rings. The molecule has 2 atom stereocenters. The van der Waals surface area contributed by atoms with E-state index in [1.54, 1.807) is 0 Å². The number of aromatic nitrogens is 4. The predicted molar refractivity (Wildman–Crippen MR) is 117 cm³/mol. The first kappa shape index (κ1) is 24.1. The number of primary amides is 1. The number of hydrogen-bond acceptors (Lipinski definition) is 8. The maximum atomic E-state index is 13.6. The van der Waals surface area contributed by atoms with Gasteiger partial charge in [-0.3, -0.25) is 9.89 Å². The lowest BCUT2D eigenvalue weighted by Crippen LogP contribution is -2.47. The second kappa shape index (κ2) is 8.96. The van der Waals surface area contributed by atoms with Crippen LogP contribution in [0.15, 0.2) is 34.9 Å². The molecule has 4 N–H and O–H groups in total. The summed E-state index contributed by atoms with van der Waals surface area (Å²) in [5.41, 5.74) is 3.90. The van der Waals surface area contributed by atoms with Gasteiger partial charge in [0.2, 0.25) is 21.9 Å². The molecule has 0 saturated carbocycles. The average Bonchev–Trinajstić information content (AvgIpc) is 3.47. The minimum Gasteiger partial charge on any atom is -0.366 e. The molecule has 1 aliphatic rings. The molecule has 0 bridgehead atoms. The number of rotatable bonds is 6. The van der Waals surface area contributed by atoms with Gasteiger partial charge in [0, 0.05) is 36.9 Å². The largest absolute Gasteiger partial charge is 0.420 e. The topological polar surface area (TPSA) is 147 Å². The molecule has 3 aromatic rings. The molecular weight excluding hydrogens is 495 g/mol. The Balaban J connectivity index is 1.56. The van der Waals surface area contributed by atoms with E-state index < -0.39 is 27.7 Å². The van der Waals surface area contributed by atoms with E-state index in [9.17, 15) is 26.4 Å². The van der Waals surface area contributed by atoms with Crippen LogP contribution in [-0.4, -0.2) is 57.9 Å². The van der Waals surface area contributed by atoms with Crippen LogP contribution in [0.5, 0.6) is 0 Å². The fraction of sp³-hybridized carbons (Fsp3) is 0.368. The van der Waals surface area contributed by atoms with E-state index in [4.69, 9.17) is 5.73 Å². The first-order valence-corrected chi connectivity index (χ1v) is 12.4. The molecular formula is C19H20F3N7O3S2. The molecule has 0 unspecified atom stereocenters. The van der Waals surface area contributed by atoms with Gasteiger partial charge in [0.05, 0.1) is 22.3 Å². The highest BCUT2D eigenvalue weighted by molar-refractivity contribution is 7.89. The molecule has 10 nitrogen and oxygen atoms in total.